The SMILES string of the molecule is CCNc1ccccc1C(=O)Oc1cc(OC(=O)c2ccccc2NCC)nc(OC(=O)c2ccccc2NCC)n1. The fourth-order valence-corrected chi connectivity index (χ4v) is 3.99. The Kier molecular flexibility index (Phi) is 10.0. The van der Waals surface area contributed by atoms with E-state index in [-0.39, 0.29) is 28.5 Å². The van der Waals surface area contributed by atoms with Gasteiger partial charge < -0.3 is 30.2 Å². The van der Waals surface area contributed by atoms with E-state index in [0.717, 1.165) is 0 Å². The standard InChI is InChI=1S/C31H31N5O6/c1-4-32-23-16-10-7-13-20(23)28(37)40-26-19-27(41-29(38)21-14-8-11-17-24(21)33-5-2)36-31(35-26)42-30(39)22-15-9-12-18-25(22)34-6-3/h7-19,32-34H,4-6H2,1-3H3. The second-order valence-corrected chi connectivity index (χ2v) is 8.72. The molecule has 0 saturated heterocycles. The second-order valence-electron chi connectivity index (χ2n) is 8.72. The smallest absolute Gasteiger partial charge is 0.348 e. The van der Waals surface area contributed by atoms with Gasteiger partial charge in [0, 0.05) is 36.7 Å². The van der Waals surface area contributed by atoms with Crippen LogP contribution in [-0.4, -0.2) is 47.5 Å². The number of carbonyl (C=O) groups excluding carboxylic acids is 3. The lowest BCUT2D eigenvalue weighted by Gasteiger charge is -2.13. The van der Waals surface area contributed by atoms with Gasteiger partial charge in [0.25, 0.3) is 0 Å². The molecule has 11 heteroatoms. The van der Waals surface area contributed by atoms with Crippen molar-refractivity contribution >= 4 is 35.0 Å². The van der Waals surface area contributed by atoms with Crippen LogP contribution in [0.5, 0.6) is 17.8 Å². The highest BCUT2D eigenvalue weighted by Crippen LogP contribution is 2.26. The topological polar surface area (TPSA) is 141 Å². The minimum Gasteiger partial charge on any atom is -0.403 e. The third kappa shape index (κ3) is 7.39. The van der Waals surface area contributed by atoms with Crippen molar-refractivity contribution in [2.75, 3.05) is 35.6 Å². The Balaban J connectivity index is 1.67. The van der Waals surface area contributed by atoms with Crippen molar-refractivity contribution in [2.24, 2.45) is 0 Å². The number of nitrogens with one attached hydrogen (secondary N) is 3. The van der Waals surface area contributed by atoms with Crippen LogP contribution in [0.1, 0.15) is 51.8 Å². The highest BCUT2D eigenvalue weighted by Gasteiger charge is 2.21. The van der Waals surface area contributed by atoms with Gasteiger partial charge in [-0.2, -0.15) is 9.97 Å². The molecule has 0 saturated carbocycles. The van der Waals surface area contributed by atoms with Gasteiger partial charge >= 0.3 is 23.9 Å². The van der Waals surface area contributed by atoms with Gasteiger partial charge in [0.15, 0.2) is 0 Å². The molecule has 0 fully saturated rings. The van der Waals surface area contributed by atoms with E-state index >= 15 is 0 Å². The Morgan fingerprint density at radius 3 is 1.24 bits per heavy atom. The summed E-state index contributed by atoms with van der Waals surface area (Å²) in [5.74, 6) is -2.79. The van der Waals surface area contributed by atoms with Crippen molar-refractivity contribution in [1.82, 2.24) is 9.97 Å². The van der Waals surface area contributed by atoms with Gasteiger partial charge in [-0.15, -0.1) is 0 Å². The number of carbonyl (C=O) groups is 3. The van der Waals surface area contributed by atoms with Gasteiger partial charge in [-0.25, -0.2) is 14.4 Å². The first-order valence-corrected chi connectivity index (χ1v) is 13.5. The van der Waals surface area contributed by atoms with Gasteiger partial charge in [0.1, 0.15) is 0 Å². The average Bonchev–Trinajstić information content (AvgIpc) is 2.98. The van der Waals surface area contributed by atoms with Gasteiger partial charge in [-0.3, -0.25) is 0 Å². The van der Waals surface area contributed by atoms with Crippen LogP contribution >= 0.6 is 0 Å². The zero-order valence-electron chi connectivity index (χ0n) is 23.5. The van der Waals surface area contributed by atoms with Crippen LogP contribution < -0.4 is 30.2 Å². The highest BCUT2D eigenvalue weighted by molar-refractivity contribution is 5.98. The molecular formula is C31H31N5O6. The second kappa shape index (κ2) is 14.3. The van der Waals surface area contributed by atoms with Crippen molar-refractivity contribution in [2.45, 2.75) is 20.8 Å². The molecule has 0 amide bonds. The van der Waals surface area contributed by atoms with Crippen molar-refractivity contribution in [3.05, 3.63) is 95.6 Å². The van der Waals surface area contributed by atoms with E-state index in [1.54, 1.807) is 72.8 Å². The van der Waals surface area contributed by atoms with Crippen molar-refractivity contribution in [3.63, 3.8) is 0 Å². The normalized spacial score (nSPS) is 10.4. The molecule has 0 unspecified atom stereocenters. The molecule has 42 heavy (non-hydrogen) atoms. The van der Waals surface area contributed by atoms with Gasteiger partial charge in [-0.05, 0) is 57.2 Å². The minimum absolute atomic E-state index is 0.239. The molecule has 11 nitrogen and oxygen atoms in total. The number of benzene rings is 3. The summed E-state index contributed by atoms with van der Waals surface area (Å²) < 4.78 is 16.5. The van der Waals surface area contributed by atoms with Crippen LogP contribution in [0, 0.1) is 0 Å². The molecule has 0 bridgehead atoms. The minimum atomic E-state index is -0.762. The molecule has 0 atom stereocenters. The first-order valence-electron chi connectivity index (χ1n) is 13.5. The van der Waals surface area contributed by atoms with Crippen molar-refractivity contribution in [1.29, 1.82) is 0 Å². The van der Waals surface area contributed by atoms with E-state index in [0.29, 0.717) is 36.7 Å². The molecule has 3 N–H and O–H groups in total. The van der Waals surface area contributed by atoms with E-state index < -0.39 is 23.9 Å². The van der Waals surface area contributed by atoms with Gasteiger partial charge in [0.2, 0.25) is 11.8 Å². The number of rotatable bonds is 12. The summed E-state index contributed by atoms with van der Waals surface area (Å²) in [6.45, 7) is 7.44. The molecule has 0 aliphatic rings. The number of nitrogens with zero attached hydrogens (tertiary/aromatic N) is 2. The number of ether oxygens (including phenoxy) is 3. The molecule has 0 spiro atoms. The van der Waals surface area contributed by atoms with Crippen molar-refractivity contribution < 1.29 is 28.6 Å². The lowest BCUT2D eigenvalue weighted by molar-refractivity contribution is 0.0705. The number of esters is 3. The zero-order valence-corrected chi connectivity index (χ0v) is 23.5. The number of para-hydroxylation sites is 3. The molecule has 1 heterocycles. The summed E-state index contributed by atoms with van der Waals surface area (Å²) in [5, 5.41) is 9.30. The fourth-order valence-electron chi connectivity index (χ4n) is 3.99. The predicted octanol–water partition coefficient (Wildman–Crippen LogP) is 5.43. The summed E-state index contributed by atoms with van der Waals surface area (Å²) in [5.41, 5.74) is 2.44. The number of aromatic nitrogens is 2. The Bertz CT molecular complexity index is 1380. The zero-order chi connectivity index (χ0) is 29.9. The fraction of sp³-hybridized carbons (Fsp3) is 0.194. The lowest BCUT2D eigenvalue weighted by atomic mass is 10.2. The van der Waals surface area contributed by atoms with Crippen LogP contribution in [0.15, 0.2) is 78.9 Å². The Hall–Kier alpha value is -5.45. The van der Waals surface area contributed by atoms with Crippen LogP contribution in [0.25, 0.3) is 0 Å². The Morgan fingerprint density at radius 2 is 0.881 bits per heavy atom. The van der Waals surface area contributed by atoms with Crippen LogP contribution in [-0.2, 0) is 0 Å². The lowest BCUT2D eigenvalue weighted by Crippen LogP contribution is -2.17. The van der Waals surface area contributed by atoms with E-state index in [9.17, 15) is 14.4 Å². The van der Waals surface area contributed by atoms with E-state index in [2.05, 4.69) is 25.9 Å². The maximum absolute atomic E-state index is 13.1. The average molecular weight is 570 g/mol. The Morgan fingerprint density at radius 1 is 0.548 bits per heavy atom. The molecule has 3 aromatic carbocycles. The Labute approximate surface area is 243 Å². The number of hydrogen-bond acceptors (Lipinski definition) is 11. The van der Waals surface area contributed by atoms with Crippen LogP contribution in [0.2, 0.25) is 0 Å². The van der Waals surface area contributed by atoms with Crippen molar-refractivity contribution in [3.8, 4) is 17.8 Å². The molecule has 0 aliphatic heterocycles. The third-order valence-corrected chi connectivity index (χ3v) is 5.78. The first-order chi connectivity index (χ1) is 20.4. The van der Waals surface area contributed by atoms with Gasteiger partial charge in [0.05, 0.1) is 22.8 Å². The predicted molar refractivity (Wildman–Crippen MR) is 159 cm³/mol. The number of hydrogen-bond donors (Lipinski definition) is 3. The van der Waals surface area contributed by atoms with E-state index in [1.165, 1.54) is 6.07 Å². The summed E-state index contributed by atoms with van der Waals surface area (Å²) in [6.07, 6.45) is 0. The largest absolute Gasteiger partial charge is 0.403 e. The van der Waals surface area contributed by atoms with E-state index in [4.69, 9.17) is 14.2 Å². The van der Waals surface area contributed by atoms with Crippen LogP contribution in [0.3, 0.4) is 0 Å². The quantitative estimate of drug-likeness (QED) is 0.188. The first kappa shape index (κ1) is 29.5. The maximum atomic E-state index is 13.1. The summed E-state index contributed by atoms with van der Waals surface area (Å²) in [7, 11) is 0. The van der Waals surface area contributed by atoms with E-state index in [1.807, 2.05) is 20.8 Å². The molecule has 4 aromatic rings. The molecule has 216 valence electrons. The monoisotopic (exact) mass is 569 g/mol. The third-order valence-electron chi connectivity index (χ3n) is 5.78. The van der Waals surface area contributed by atoms with Gasteiger partial charge in [-0.1, -0.05) is 36.4 Å². The van der Waals surface area contributed by atoms with Crippen LogP contribution in [0.4, 0.5) is 17.1 Å². The number of anilines is 3. The molecule has 4 rings (SSSR count). The highest BCUT2D eigenvalue weighted by atomic mass is 16.6. The molecular weight excluding hydrogens is 538 g/mol. The molecule has 0 aliphatic carbocycles. The summed E-state index contributed by atoms with van der Waals surface area (Å²) >= 11 is 0. The molecule has 1 aromatic heterocycles. The summed E-state index contributed by atoms with van der Waals surface area (Å²) in [4.78, 5) is 47.5. The molecule has 0 radical (unpaired) electrons. The summed E-state index contributed by atoms with van der Waals surface area (Å²) in [6, 6.07) is 21.1. The maximum Gasteiger partial charge on any atom is 0.348 e.